The van der Waals surface area contributed by atoms with E-state index in [2.05, 4.69) is 49.7 Å². The van der Waals surface area contributed by atoms with Gasteiger partial charge in [0, 0.05) is 50.3 Å². The van der Waals surface area contributed by atoms with Crippen molar-refractivity contribution in [3.05, 3.63) is 0 Å². The number of nitrogens with zero attached hydrogens (tertiary/aromatic N) is 2. The quantitative estimate of drug-likeness (QED) is 0.821. The molecule has 110 valence electrons. The highest BCUT2D eigenvalue weighted by molar-refractivity contribution is 5.20. The third-order valence-electron chi connectivity index (χ3n) is 5.88. The molecule has 0 aromatic rings. The van der Waals surface area contributed by atoms with Gasteiger partial charge in [0.2, 0.25) is 0 Å². The van der Waals surface area contributed by atoms with Crippen LogP contribution in [0.4, 0.5) is 0 Å². The number of hydrogen-bond donors (Lipinski definition) is 1. The summed E-state index contributed by atoms with van der Waals surface area (Å²) in [5, 5.41) is 3.46. The fraction of sp³-hybridized carbons (Fsp3) is 1.00. The first-order chi connectivity index (χ1) is 8.84. The summed E-state index contributed by atoms with van der Waals surface area (Å²) in [7, 11) is 0. The van der Waals surface area contributed by atoms with Gasteiger partial charge in [-0.3, -0.25) is 4.90 Å². The van der Waals surface area contributed by atoms with Crippen molar-refractivity contribution in [2.75, 3.05) is 32.7 Å². The van der Waals surface area contributed by atoms with E-state index in [1.807, 2.05) is 0 Å². The van der Waals surface area contributed by atoms with Crippen molar-refractivity contribution in [1.29, 1.82) is 0 Å². The minimum Gasteiger partial charge on any atom is -0.314 e. The van der Waals surface area contributed by atoms with Crippen LogP contribution in [-0.2, 0) is 0 Å². The van der Waals surface area contributed by atoms with Gasteiger partial charge < -0.3 is 10.2 Å². The Kier molecular flexibility index (Phi) is 3.23. The van der Waals surface area contributed by atoms with E-state index in [4.69, 9.17) is 0 Å². The standard InChI is InChI=1S/C16H31N3/c1-12-13(11-18-8-6-17-7-9-18)16(5)10-14(16)19(12)15(2,3)4/h12-14,17H,6-11H2,1-5H3/t12-,13?,14-,16-/m1/s1. The van der Waals surface area contributed by atoms with E-state index in [0.717, 1.165) is 18.0 Å². The van der Waals surface area contributed by atoms with E-state index >= 15 is 0 Å². The molecule has 3 heteroatoms. The lowest BCUT2D eigenvalue weighted by atomic mass is 9.86. The number of piperazine rings is 1. The molecule has 19 heavy (non-hydrogen) atoms. The van der Waals surface area contributed by atoms with Gasteiger partial charge in [0.15, 0.2) is 0 Å². The predicted molar refractivity (Wildman–Crippen MR) is 80.4 cm³/mol. The van der Waals surface area contributed by atoms with Crippen LogP contribution in [-0.4, -0.2) is 60.1 Å². The predicted octanol–water partition coefficient (Wildman–Crippen LogP) is 1.79. The van der Waals surface area contributed by atoms with Gasteiger partial charge in [-0.05, 0) is 45.4 Å². The molecule has 3 rings (SSSR count). The highest BCUT2D eigenvalue weighted by Crippen LogP contribution is 2.64. The number of rotatable bonds is 2. The molecule has 0 bridgehead atoms. The van der Waals surface area contributed by atoms with Gasteiger partial charge in [-0.2, -0.15) is 0 Å². The first-order valence-electron chi connectivity index (χ1n) is 8.05. The largest absolute Gasteiger partial charge is 0.314 e. The minimum absolute atomic E-state index is 0.319. The number of fused-ring (bicyclic) bond motifs is 1. The van der Waals surface area contributed by atoms with Crippen LogP contribution in [0.2, 0.25) is 0 Å². The van der Waals surface area contributed by atoms with Crippen LogP contribution in [0.5, 0.6) is 0 Å². The Morgan fingerprint density at radius 2 is 1.84 bits per heavy atom. The fourth-order valence-electron chi connectivity index (χ4n) is 4.81. The highest BCUT2D eigenvalue weighted by Gasteiger charge is 2.67. The molecule has 3 fully saturated rings. The Morgan fingerprint density at radius 1 is 1.21 bits per heavy atom. The average Bonchev–Trinajstić information content (AvgIpc) is 2.92. The third-order valence-corrected chi connectivity index (χ3v) is 5.88. The number of hydrogen-bond acceptors (Lipinski definition) is 3. The molecule has 0 aromatic heterocycles. The van der Waals surface area contributed by atoms with Gasteiger partial charge in [0.1, 0.15) is 0 Å². The van der Waals surface area contributed by atoms with Gasteiger partial charge in [-0.15, -0.1) is 0 Å². The maximum atomic E-state index is 3.46. The van der Waals surface area contributed by atoms with E-state index in [0.29, 0.717) is 11.0 Å². The van der Waals surface area contributed by atoms with Gasteiger partial charge in [0.05, 0.1) is 0 Å². The average molecular weight is 265 g/mol. The Morgan fingerprint density at radius 3 is 2.37 bits per heavy atom. The number of piperidine rings is 1. The second kappa shape index (κ2) is 4.44. The van der Waals surface area contributed by atoms with Crippen LogP contribution in [0.3, 0.4) is 0 Å². The van der Waals surface area contributed by atoms with E-state index in [-0.39, 0.29) is 0 Å². The van der Waals surface area contributed by atoms with Gasteiger partial charge in [-0.1, -0.05) is 6.92 Å². The molecule has 2 aliphatic heterocycles. The molecule has 2 heterocycles. The lowest BCUT2D eigenvalue weighted by molar-refractivity contribution is 0.0725. The molecular weight excluding hydrogens is 234 g/mol. The van der Waals surface area contributed by atoms with Gasteiger partial charge >= 0.3 is 0 Å². The van der Waals surface area contributed by atoms with E-state index < -0.39 is 0 Å². The zero-order valence-electron chi connectivity index (χ0n) is 13.4. The molecule has 3 aliphatic rings. The van der Waals surface area contributed by atoms with Crippen molar-refractivity contribution >= 4 is 0 Å². The molecule has 0 amide bonds. The molecule has 3 nitrogen and oxygen atoms in total. The van der Waals surface area contributed by atoms with Crippen molar-refractivity contribution < 1.29 is 0 Å². The molecule has 1 unspecified atom stereocenters. The molecule has 0 aromatic carbocycles. The normalized spacial score (nSPS) is 44.4. The van der Waals surface area contributed by atoms with E-state index in [1.54, 1.807) is 0 Å². The monoisotopic (exact) mass is 265 g/mol. The van der Waals surface area contributed by atoms with Crippen molar-refractivity contribution in [1.82, 2.24) is 15.1 Å². The minimum atomic E-state index is 0.319. The van der Waals surface area contributed by atoms with Crippen LogP contribution in [0.15, 0.2) is 0 Å². The molecule has 1 N–H and O–H groups in total. The molecule has 1 saturated carbocycles. The second-order valence-corrected chi connectivity index (χ2v) is 8.20. The topological polar surface area (TPSA) is 18.5 Å². The Labute approximate surface area is 118 Å². The Bertz CT molecular complexity index is 342. The maximum absolute atomic E-state index is 3.46. The summed E-state index contributed by atoms with van der Waals surface area (Å²) in [6, 6.07) is 1.58. The fourth-order valence-corrected chi connectivity index (χ4v) is 4.81. The molecule has 4 atom stereocenters. The van der Waals surface area contributed by atoms with Crippen LogP contribution in [0.25, 0.3) is 0 Å². The van der Waals surface area contributed by atoms with Crippen LogP contribution >= 0.6 is 0 Å². The lowest BCUT2D eigenvalue weighted by Gasteiger charge is -2.41. The van der Waals surface area contributed by atoms with Gasteiger partial charge in [0.25, 0.3) is 0 Å². The Hall–Kier alpha value is -0.120. The second-order valence-electron chi connectivity index (χ2n) is 8.20. The van der Waals surface area contributed by atoms with Crippen molar-refractivity contribution in [3.63, 3.8) is 0 Å². The van der Waals surface area contributed by atoms with E-state index in [1.165, 1.54) is 39.1 Å². The summed E-state index contributed by atoms with van der Waals surface area (Å²) in [4.78, 5) is 5.49. The van der Waals surface area contributed by atoms with Crippen molar-refractivity contribution in [3.8, 4) is 0 Å². The number of likely N-dealkylation sites (tertiary alicyclic amines) is 1. The van der Waals surface area contributed by atoms with Crippen molar-refractivity contribution in [2.45, 2.75) is 58.7 Å². The maximum Gasteiger partial charge on any atom is 0.0167 e. The third kappa shape index (κ3) is 2.24. The molecule has 2 saturated heterocycles. The zero-order chi connectivity index (χ0) is 13.8. The number of nitrogens with one attached hydrogen (secondary N) is 1. The smallest absolute Gasteiger partial charge is 0.0167 e. The molecule has 0 radical (unpaired) electrons. The molecular formula is C16H31N3. The van der Waals surface area contributed by atoms with E-state index in [9.17, 15) is 0 Å². The summed E-state index contributed by atoms with van der Waals surface area (Å²) in [5.41, 5.74) is 0.914. The molecule has 1 aliphatic carbocycles. The highest BCUT2D eigenvalue weighted by atomic mass is 15.3. The first kappa shape index (κ1) is 13.8. The van der Waals surface area contributed by atoms with Gasteiger partial charge in [-0.25, -0.2) is 0 Å². The summed E-state index contributed by atoms with van der Waals surface area (Å²) in [5.74, 6) is 0.856. The zero-order valence-corrected chi connectivity index (χ0v) is 13.4. The summed E-state index contributed by atoms with van der Waals surface area (Å²) >= 11 is 0. The van der Waals surface area contributed by atoms with Crippen LogP contribution < -0.4 is 5.32 Å². The summed E-state index contributed by atoms with van der Waals surface area (Å²) < 4.78 is 0. The SMILES string of the molecule is C[C@@H]1C(CN2CCNCC2)[C@@]2(C)C[C@H]2N1C(C)(C)C. The summed E-state index contributed by atoms with van der Waals surface area (Å²) in [6.45, 7) is 18.3. The molecule has 0 spiro atoms. The summed E-state index contributed by atoms with van der Waals surface area (Å²) in [6.07, 6.45) is 1.42. The van der Waals surface area contributed by atoms with Crippen LogP contribution in [0.1, 0.15) is 41.0 Å². The van der Waals surface area contributed by atoms with Crippen LogP contribution in [0, 0.1) is 11.3 Å². The van der Waals surface area contributed by atoms with Crippen molar-refractivity contribution in [2.24, 2.45) is 11.3 Å². The first-order valence-corrected chi connectivity index (χ1v) is 8.05. The Balaban J connectivity index is 1.71. The lowest BCUT2D eigenvalue weighted by Crippen LogP contribution is -2.51.